The standard InChI is InChI=1S/C17H16N4O3/c22-17(21-13-4-5-14-15(9-13)24-10-23-14)20-12-3-1-2-11(8-12)16-18-6-7-19-16/h1-5,8-9H,6-7,10H2,(H,18,19)(H2,20,21,22). The average Bonchev–Trinajstić information content (AvgIpc) is 3.26. The fourth-order valence-electron chi connectivity index (χ4n) is 2.60. The maximum absolute atomic E-state index is 12.2. The number of amides is 2. The van der Waals surface area contributed by atoms with E-state index in [0.29, 0.717) is 22.9 Å². The Labute approximate surface area is 138 Å². The maximum Gasteiger partial charge on any atom is 0.323 e. The van der Waals surface area contributed by atoms with Gasteiger partial charge in [0.05, 0.1) is 6.54 Å². The summed E-state index contributed by atoms with van der Waals surface area (Å²) in [4.78, 5) is 16.6. The molecular formula is C17H16N4O3. The summed E-state index contributed by atoms with van der Waals surface area (Å²) >= 11 is 0. The lowest BCUT2D eigenvalue weighted by Gasteiger charge is -2.10. The van der Waals surface area contributed by atoms with Crippen molar-refractivity contribution < 1.29 is 14.3 Å². The Balaban J connectivity index is 1.43. The fraction of sp³-hybridized carbons (Fsp3) is 0.176. The van der Waals surface area contributed by atoms with Crippen molar-refractivity contribution in [1.29, 1.82) is 0 Å². The van der Waals surface area contributed by atoms with E-state index in [9.17, 15) is 4.79 Å². The second-order valence-corrected chi connectivity index (χ2v) is 5.39. The van der Waals surface area contributed by atoms with Gasteiger partial charge in [0.1, 0.15) is 5.84 Å². The first kappa shape index (κ1) is 14.4. The predicted molar refractivity (Wildman–Crippen MR) is 91.1 cm³/mol. The van der Waals surface area contributed by atoms with Gasteiger partial charge in [0.2, 0.25) is 6.79 Å². The third-order valence-electron chi connectivity index (χ3n) is 3.70. The Kier molecular flexibility index (Phi) is 3.66. The minimum Gasteiger partial charge on any atom is -0.454 e. The van der Waals surface area contributed by atoms with Crippen LogP contribution in [0.1, 0.15) is 5.56 Å². The number of carbonyl (C=O) groups is 1. The summed E-state index contributed by atoms with van der Waals surface area (Å²) in [5, 5.41) is 8.81. The van der Waals surface area contributed by atoms with Crippen LogP contribution in [0.2, 0.25) is 0 Å². The van der Waals surface area contributed by atoms with Crippen LogP contribution in [0.25, 0.3) is 0 Å². The number of ether oxygens (including phenoxy) is 2. The van der Waals surface area contributed by atoms with Gasteiger partial charge < -0.3 is 25.4 Å². The molecule has 0 aliphatic carbocycles. The molecule has 7 nitrogen and oxygen atoms in total. The van der Waals surface area contributed by atoms with E-state index in [2.05, 4.69) is 20.9 Å². The molecule has 0 bridgehead atoms. The number of nitrogens with one attached hydrogen (secondary N) is 3. The van der Waals surface area contributed by atoms with E-state index in [0.717, 1.165) is 24.5 Å². The van der Waals surface area contributed by atoms with E-state index in [1.165, 1.54) is 0 Å². The summed E-state index contributed by atoms with van der Waals surface area (Å²) in [6, 6.07) is 12.5. The van der Waals surface area contributed by atoms with Crippen LogP contribution >= 0.6 is 0 Å². The Morgan fingerprint density at radius 3 is 2.71 bits per heavy atom. The molecule has 4 rings (SSSR count). The summed E-state index contributed by atoms with van der Waals surface area (Å²) in [6.07, 6.45) is 0. The van der Waals surface area contributed by atoms with Crippen molar-refractivity contribution in [3.8, 4) is 11.5 Å². The van der Waals surface area contributed by atoms with Crippen molar-refractivity contribution in [3.63, 3.8) is 0 Å². The van der Waals surface area contributed by atoms with Crippen LogP contribution in [0.4, 0.5) is 16.2 Å². The highest BCUT2D eigenvalue weighted by Crippen LogP contribution is 2.34. The van der Waals surface area contributed by atoms with E-state index in [-0.39, 0.29) is 12.8 Å². The molecule has 122 valence electrons. The summed E-state index contributed by atoms with van der Waals surface area (Å²) in [5.41, 5.74) is 2.28. The highest BCUT2D eigenvalue weighted by Gasteiger charge is 2.14. The monoisotopic (exact) mass is 324 g/mol. The molecule has 7 heteroatoms. The molecule has 2 aliphatic rings. The zero-order chi connectivity index (χ0) is 16.4. The number of aliphatic imine (C=N–C) groups is 1. The van der Waals surface area contributed by atoms with Crippen molar-refractivity contribution in [3.05, 3.63) is 48.0 Å². The zero-order valence-electron chi connectivity index (χ0n) is 12.8. The van der Waals surface area contributed by atoms with Crippen LogP contribution in [-0.2, 0) is 0 Å². The number of hydrogen-bond donors (Lipinski definition) is 3. The van der Waals surface area contributed by atoms with E-state index in [1.54, 1.807) is 18.2 Å². The second kappa shape index (κ2) is 6.11. The van der Waals surface area contributed by atoms with Gasteiger partial charge in [0, 0.05) is 29.5 Å². The molecular weight excluding hydrogens is 308 g/mol. The number of anilines is 2. The first-order chi connectivity index (χ1) is 11.8. The molecule has 0 aromatic heterocycles. The van der Waals surface area contributed by atoms with E-state index < -0.39 is 0 Å². The highest BCUT2D eigenvalue weighted by molar-refractivity contribution is 6.03. The minimum atomic E-state index is -0.327. The smallest absolute Gasteiger partial charge is 0.323 e. The number of urea groups is 1. The number of nitrogens with zero attached hydrogens (tertiary/aromatic N) is 1. The minimum absolute atomic E-state index is 0.204. The second-order valence-electron chi connectivity index (χ2n) is 5.39. The molecule has 0 saturated carbocycles. The Hall–Kier alpha value is -3.22. The van der Waals surface area contributed by atoms with E-state index in [4.69, 9.17) is 9.47 Å². The van der Waals surface area contributed by atoms with Gasteiger partial charge in [0.15, 0.2) is 11.5 Å². The number of rotatable bonds is 3. The molecule has 2 aromatic carbocycles. The van der Waals surface area contributed by atoms with Crippen LogP contribution in [0.3, 0.4) is 0 Å². The van der Waals surface area contributed by atoms with Crippen molar-refractivity contribution in [1.82, 2.24) is 5.32 Å². The molecule has 2 amide bonds. The molecule has 2 aromatic rings. The van der Waals surface area contributed by atoms with Gasteiger partial charge in [-0.15, -0.1) is 0 Å². The van der Waals surface area contributed by atoms with E-state index >= 15 is 0 Å². The van der Waals surface area contributed by atoms with Crippen LogP contribution in [0.5, 0.6) is 11.5 Å². The number of fused-ring (bicyclic) bond motifs is 1. The number of benzene rings is 2. The van der Waals surface area contributed by atoms with Crippen LogP contribution in [-0.4, -0.2) is 31.7 Å². The predicted octanol–water partition coefficient (Wildman–Crippen LogP) is 2.41. The third kappa shape index (κ3) is 2.96. The third-order valence-corrected chi connectivity index (χ3v) is 3.70. The van der Waals surface area contributed by atoms with Crippen molar-refractivity contribution >= 4 is 23.2 Å². The van der Waals surface area contributed by atoms with Gasteiger partial charge in [-0.1, -0.05) is 12.1 Å². The van der Waals surface area contributed by atoms with Crippen LogP contribution in [0, 0.1) is 0 Å². The topological polar surface area (TPSA) is 84.0 Å². The summed E-state index contributed by atoms with van der Waals surface area (Å²) in [6.45, 7) is 1.82. The molecule has 2 heterocycles. The number of amidine groups is 1. The first-order valence-electron chi connectivity index (χ1n) is 7.64. The van der Waals surface area contributed by atoms with Crippen molar-refractivity contribution in [2.45, 2.75) is 0 Å². The Morgan fingerprint density at radius 2 is 1.88 bits per heavy atom. The van der Waals surface area contributed by atoms with Gasteiger partial charge in [-0.3, -0.25) is 4.99 Å². The molecule has 0 unspecified atom stereocenters. The molecule has 0 atom stereocenters. The highest BCUT2D eigenvalue weighted by atomic mass is 16.7. The van der Waals surface area contributed by atoms with Crippen LogP contribution < -0.4 is 25.4 Å². The SMILES string of the molecule is O=C(Nc1cccc(C2=NCCN2)c1)Nc1ccc2c(c1)OCO2. The lowest BCUT2D eigenvalue weighted by Crippen LogP contribution is -2.21. The lowest BCUT2D eigenvalue weighted by atomic mass is 10.2. The molecule has 0 spiro atoms. The first-order valence-corrected chi connectivity index (χ1v) is 7.64. The largest absolute Gasteiger partial charge is 0.454 e. The van der Waals surface area contributed by atoms with E-state index in [1.807, 2.05) is 24.3 Å². The van der Waals surface area contributed by atoms with Crippen molar-refractivity contribution in [2.24, 2.45) is 4.99 Å². The maximum atomic E-state index is 12.2. The normalized spacial score (nSPS) is 14.8. The van der Waals surface area contributed by atoms with Gasteiger partial charge in [-0.25, -0.2) is 4.79 Å². The number of hydrogen-bond acceptors (Lipinski definition) is 5. The molecule has 3 N–H and O–H groups in total. The van der Waals surface area contributed by atoms with Gasteiger partial charge in [-0.05, 0) is 24.3 Å². The molecule has 0 saturated heterocycles. The summed E-state index contributed by atoms with van der Waals surface area (Å²) < 4.78 is 10.5. The fourth-order valence-corrected chi connectivity index (χ4v) is 2.60. The molecule has 0 radical (unpaired) electrons. The Morgan fingerprint density at radius 1 is 1.04 bits per heavy atom. The van der Waals surface area contributed by atoms with Gasteiger partial charge >= 0.3 is 6.03 Å². The molecule has 0 fully saturated rings. The number of carbonyl (C=O) groups excluding carboxylic acids is 1. The summed E-state index contributed by atoms with van der Waals surface area (Å²) in [7, 11) is 0. The summed E-state index contributed by atoms with van der Waals surface area (Å²) in [5.74, 6) is 2.16. The van der Waals surface area contributed by atoms with Crippen molar-refractivity contribution in [2.75, 3.05) is 30.5 Å². The molecule has 2 aliphatic heterocycles. The van der Waals surface area contributed by atoms with Crippen LogP contribution in [0.15, 0.2) is 47.5 Å². The quantitative estimate of drug-likeness (QED) is 0.809. The van der Waals surface area contributed by atoms with Gasteiger partial charge in [-0.2, -0.15) is 0 Å². The Bertz CT molecular complexity index is 819. The zero-order valence-corrected chi connectivity index (χ0v) is 12.8. The van der Waals surface area contributed by atoms with Gasteiger partial charge in [0.25, 0.3) is 0 Å². The molecule has 24 heavy (non-hydrogen) atoms. The lowest BCUT2D eigenvalue weighted by molar-refractivity contribution is 0.174. The average molecular weight is 324 g/mol.